The summed E-state index contributed by atoms with van der Waals surface area (Å²) in [6, 6.07) is 6.19. The molecule has 1 aromatic heterocycles. The summed E-state index contributed by atoms with van der Waals surface area (Å²) >= 11 is 1.24. The molecule has 0 radical (unpaired) electrons. The Kier molecular flexibility index (Phi) is 4.11. The minimum atomic E-state index is -0.271. The van der Waals surface area contributed by atoms with Gasteiger partial charge in [0.1, 0.15) is 5.82 Å². The molecule has 2 aromatic rings. The van der Waals surface area contributed by atoms with Crippen molar-refractivity contribution in [1.29, 1.82) is 0 Å². The topological polar surface area (TPSA) is 57.8 Å². The lowest BCUT2D eigenvalue weighted by Gasteiger charge is -2.08. The number of benzene rings is 1. The van der Waals surface area contributed by atoms with E-state index in [9.17, 15) is 9.18 Å². The Morgan fingerprint density at radius 3 is 3.00 bits per heavy atom. The molecule has 2 rings (SSSR count). The van der Waals surface area contributed by atoms with Crippen molar-refractivity contribution in [3.63, 3.8) is 0 Å². The molecular weight excluding hydrogens is 253 g/mol. The SMILES string of the molecule is CNCc1c(F)cccc1Sc1nccc(=O)[nH]1. The van der Waals surface area contributed by atoms with Gasteiger partial charge in [-0.1, -0.05) is 17.8 Å². The maximum atomic E-state index is 13.7. The van der Waals surface area contributed by atoms with Crippen molar-refractivity contribution in [3.8, 4) is 0 Å². The molecule has 4 nitrogen and oxygen atoms in total. The lowest BCUT2D eigenvalue weighted by molar-refractivity contribution is 0.593. The van der Waals surface area contributed by atoms with Gasteiger partial charge in [0.15, 0.2) is 5.16 Å². The fraction of sp³-hybridized carbons (Fsp3) is 0.167. The number of halogens is 1. The molecule has 6 heteroatoms. The highest BCUT2D eigenvalue weighted by Gasteiger charge is 2.09. The van der Waals surface area contributed by atoms with E-state index in [2.05, 4.69) is 15.3 Å². The van der Waals surface area contributed by atoms with E-state index >= 15 is 0 Å². The molecule has 0 bridgehead atoms. The first-order valence-electron chi connectivity index (χ1n) is 5.36. The quantitative estimate of drug-likeness (QED) is 0.827. The Bertz CT molecular complexity index is 600. The van der Waals surface area contributed by atoms with Crippen LogP contribution in [0, 0.1) is 5.82 Å². The summed E-state index contributed by atoms with van der Waals surface area (Å²) in [5.41, 5.74) is 0.343. The number of hydrogen-bond donors (Lipinski definition) is 2. The van der Waals surface area contributed by atoms with Crippen molar-refractivity contribution >= 4 is 11.8 Å². The molecule has 18 heavy (non-hydrogen) atoms. The van der Waals surface area contributed by atoms with Crippen LogP contribution in [0.4, 0.5) is 4.39 Å². The molecule has 0 fully saturated rings. The minimum Gasteiger partial charge on any atom is -0.316 e. The molecule has 94 valence electrons. The van der Waals surface area contributed by atoms with E-state index in [1.807, 2.05) is 0 Å². The zero-order valence-electron chi connectivity index (χ0n) is 9.74. The first-order valence-corrected chi connectivity index (χ1v) is 6.17. The van der Waals surface area contributed by atoms with E-state index in [4.69, 9.17) is 0 Å². The first kappa shape index (κ1) is 12.8. The van der Waals surface area contributed by atoms with E-state index in [1.54, 1.807) is 19.2 Å². The Balaban J connectivity index is 2.34. The van der Waals surface area contributed by atoms with Crippen molar-refractivity contribution in [3.05, 3.63) is 52.2 Å². The van der Waals surface area contributed by atoms with E-state index in [0.717, 1.165) is 4.90 Å². The maximum Gasteiger partial charge on any atom is 0.251 e. The van der Waals surface area contributed by atoms with Gasteiger partial charge in [0.2, 0.25) is 0 Å². The summed E-state index contributed by atoms with van der Waals surface area (Å²) in [5, 5.41) is 3.37. The average molecular weight is 265 g/mol. The molecule has 0 aliphatic heterocycles. The van der Waals surface area contributed by atoms with Gasteiger partial charge in [0.05, 0.1) is 0 Å². The van der Waals surface area contributed by atoms with Crippen LogP contribution in [0.1, 0.15) is 5.56 Å². The largest absolute Gasteiger partial charge is 0.316 e. The summed E-state index contributed by atoms with van der Waals surface area (Å²) < 4.78 is 13.7. The molecule has 0 saturated carbocycles. The van der Waals surface area contributed by atoms with Gasteiger partial charge in [-0.25, -0.2) is 9.37 Å². The number of H-pyrrole nitrogens is 1. The summed E-state index contributed by atoms with van der Waals surface area (Å²) in [6.07, 6.45) is 1.43. The molecule has 1 heterocycles. The molecule has 0 unspecified atom stereocenters. The van der Waals surface area contributed by atoms with Crippen LogP contribution in [0.15, 0.2) is 45.3 Å². The Morgan fingerprint density at radius 2 is 2.28 bits per heavy atom. The fourth-order valence-electron chi connectivity index (χ4n) is 1.49. The number of nitrogens with zero attached hydrogens (tertiary/aromatic N) is 1. The Labute approximate surface area is 108 Å². The van der Waals surface area contributed by atoms with Gasteiger partial charge < -0.3 is 10.3 Å². The molecule has 0 aliphatic rings. The lowest BCUT2D eigenvalue weighted by Crippen LogP contribution is -2.09. The van der Waals surface area contributed by atoms with Gasteiger partial charge in [-0.15, -0.1) is 0 Å². The highest BCUT2D eigenvalue weighted by molar-refractivity contribution is 7.99. The zero-order chi connectivity index (χ0) is 13.0. The summed E-state index contributed by atoms with van der Waals surface area (Å²) in [7, 11) is 1.75. The van der Waals surface area contributed by atoms with E-state index in [-0.39, 0.29) is 11.4 Å². The van der Waals surface area contributed by atoms with Gasteiger partial charge in [-0.3, -0.25) is 4.79 Å². The fourth-order valence-corrected chi connectivity index (χ4v) is 2.40. The molecule has 0 spiro atoms. The number of nitrogens with one attached hydrogen (secondary N) is 2. The predicted octanol–water partition coefficient (Wildman–Crippen LogP) is 1.78. The van der Waals surface area contributed by atoms with Crippen molar-refractivity contribution in [1.82, 2.24) is 15.3 Å². The van der Waals surface area contributed by atoms with Crippen LogP contribution in [-0.2, 0) is 6.54 Å². The minimum absolute atomic E-state index is 0.223. The van der Waals surface area contributed by atoms with Crippen LogP contribution in [0.5, 0.6) is 0 Å². The van der Waals surface area contributed by atoms with Gasteiger partial charge in [-0.2, -0.15) is 0 Å². The van der Waals surface area contributed by atoms with Crippen LogP contribution in [0.2, 0.25) is 0 Å². The molecule has 1 aromatic carbocycles. The zero-order valence-corrected chi connectivity index (χ0v) is 10.6. The molecule has 2 N–H and O–H groups in total. The lowest BCUT2D eigenvalue weighted by atomic mass is 10.2. The second-order valence-electron chi connectivity index (χ2n) is 3.59. The molecule has 0 amide bonds. The second-order valence-corrected chi connectivity index (χ2v) is 4.62. The normalized spacial score (nSPS) is 10.6. The van der Waals surface area contributed by atoms with E-state index in [1.165, 1.54) is 30.1 Å². The highest BCUT2D eigenvalue weighted by Crippen LogP contribution is 2.28. The van der Waals surface area contributed by atoms with Gasteiger partial charge in [0.25, 0.3) is 5.56 Å². The summed E-state index contributed by atoms with van der Waals surface area (Å²) in [4.78, 5) is 18.5. The number of aromatic amines is 1. The number of hydrogen-bond acceptors (Lipinski definition) is 4. The van der Waals surface area contributed by atoms with Crippen LogP contribution >= 0.6 is 11.8 Å². The van der Waals surface area contributed by atoms with E-state index < -0.39 is 0 Å². The van der Waals surface area contributed by atoms with Gasteiger partial charge in [0, 0.05) is 29.3 Å². The number of aromatic nitrogens is 2. The maximum absolute atomic E-state index is 13.7. The van der Waals surface area contributed by atoms with Crippen LogP contribution in [0.25, 0.3) is 0 Å². The summed E-state index contributed by atoms with van der Waals surface area (Å²) in [5.74, 6) is -0.271. The third kappa shape index (κ3) is 2.96. The first-order chi connectivity index (χ1) is 8.70. The third-order valence-electron chi connectivity index (χ3n) is 2.28. The Morgan fingerprint density at radius 1 is 1.44 bits per heavy atom. The smallest absolute Gasteiger partial charge is 0.251 e. The van der Waals surface area contributed by atoms with Crippen LogP contribution in [-0.4, -0.2) is 17.0 Å². The van der Waals surface area contributed by atoms with Crippen molar-refractivity contribution in [2.24, 2.45) is 0 Å². The monoisotopic (exact) mass is 265 g/mol. The molecule has 0 aliphatic carbocycles. The molecular formula is C12H12FN3OS. The highest BCUT2D eigenvalue weighted by atomic mass is 32.2. The second kappa shape index (κ2) is 5.79. The molecule has 0 saturated heterocycles. The standard InChI is InChI=1S/C12H12FN3OS/c1-14-7-8-9(13)3-2-4-10(8)18-12-15-6-5-11(17)16-12/h2-6,14H,7H2,1H3,(H,15,16,17). The van der Waals surface area contributed by atoms with E-state index in [0.29, 0.717) is 17.3 Å². The average Bonchev–Trinajstić information content (AvgIpc) is 2.34. The van der Waals surface area contributed by atoms with Crippen molar-refractivity contribution in [2.45, 2.75) is 16.6 Å². The number of rotatable bonds is 4. The molecule has 0 atom stereocenters. The van der Waals surface area contributed by atoms with Crippen LogP contribution < -0.4 is 10.9 Å². The van der Waals surface area contributed by atoms with Gasteiger partial charge in [-0.05, 0) is 19.2 Å². The van der Waals surface area contributed by atoms with Crippen LogP contribution in [0.3, 0.4) is 0 Å². The van der Waals surface area contributed by atoms with Crippen molar-refractivity contribution < 1.29 is 4.39 Å². The Hall–Kier alpha value is -1.66. The van der Waals surface area contributed by atoms with Gasteiger partial charge >= 0.3 is 0 Å². The third-order valence-corrected chi connectivity index (χ3v) is 3.29. The van der Waals surface area contributed by atoms with Crippen molar-refractivity contribution in [2.75, 3.05) is 7.05 Å². The predicted molar refractivity (Wildman–Crippen MR) is 68.1 cm³/mol. The summed E-state index contributed by atoms with van der Waals surface area (Å²) in [6.45, 7) is 0.423.